The van der Waals surface area contributed by atoms with Crippen LogP contribution in [0.5, 0.6) is 0 Å². The lowest BCUT2D eigenvalue weighted by Gasteiger charge is -2.09. The van der Waals surface area contributed by atoms with E-state index in [-0.39, 0.29) is 29.1 Å². The number of benzene rings is 1. The van der Waals surface area contributed by atoms with Gasteiger partial charge >= 0.3 is 11.9 Å². The average Bonchev–Trinajstić information content (AvgIpc) is 2.74. The van der Waals surface area contributed by atoms with Crippen LogP contribution in [0, 0.1) is 0 Å². The van der Waals surface area contributed by atoms with Crippen LogP contribution in [0.25, 0.3) is 11.1 Å². The topological polar surface area (TPSA) is 111 Å². The van der Waals surface area contributed by atoms with Gasteiger partial charge in [0.1, 0.15) is 13.6 Å². The second-order valence-electron chi connectivity index (χ2n) is 7.10. The Bertz CT molecular complexity index is 1110. The summed E-state index contributed by atoms with van der Waals surface area (Å²) in [6, 6.07) is 11.6. The molecule has 0 bridgehead atoms. The number of hydrogen-bond acceptors (Lipinski definition) is 3. The third-order valence-electron chi connectivity index (χ3n) is 4.79. The summed E-state index contributed by atoms with van der Waals surface area (Å²) in [5, 5.41) is 20.8. The van der Waals surface area contributed by atoms with Gasteiger partial charge in [-0.05, 0) is 29.3 Å². The average molecular weight is 421 g/mol. The standard InChI is InChI=1S/C23H21N3O5/c1-25-11-6-16(7-12-25)17-8-13-26(14-9-17)10-2-3-21(27)24-20-15-18(22(28)29)4-5-19(20)23(30)31/h4-9,11-15H,2-3,10H2,1H3,(H-2,24,27,28,29,30,31)/p+2. The van der Waals surface area contributed by atoms with E-state index < -0.39 is 11.9 Å². The van der Waals surface area contributed by atoms with Crippen molar-refractivity contribution < 1.29 is 33.7 Å². The molecule has 0 spiro atoms. The summed E-state index contributed by atoms with van der Waals surface area (Å²) in [6.07, 6.45) is 8.56. The van der Waals surface area contributed by atoms with E-state index in [1.807, 2.05) is 65.2 Å². The number of nitrogens with one attached hydrogen (secondary N) is 1. The molecule has 3 rings (SSSR count). The predicted octanol–water partition coefficient (Wildman–Crippen LogP) is 2.28. The number of nitrogens with zero attached hydrogens (tertiary/aromatic N) is 2. The van der Waals surface area contributed by atoms with Crippen LogP contribution >= 0.6 is 0 Å². The zero-order valence-electron chi connectivity index (χ0n) is 17.0. The van der Waals surface area contributed by atoms with Crippen LogP contribution in [0.3, 0.4) is 0 Å². The van der Waals surface area contributed by atoms with Gasteiger partial charge in [-0.25, -0.2) is 18.7 Å². The minimum atomic E-state index is -1.24. The molecular weight excluding hydrogens is 398 g/mol. The van der Waals surface area contributed by atoms with Crippen molar-refractivity contribution >= 4 is 23.5 Å². The first kappa shape index (κ1) is 21.6. The number of hydrogen-bond donors (Lipinski definition) is 3. The van der Waals surface area contributed by atoms with E-state index in [4.69, 9.17) is 5.11 Å². The number of amides is 1. The fourth-order valence-corrected chi connectivity index (χ4v) is 3.09. The number of carbonyl (C=O) groups is 3. The van der Waals surface area contributed by atoms with E-state index in [1.165, 1.54) is 12.1 Å². The molecule has 2 aromatic heterocycles. The second kappa shape index (κ2) is 9.62. The van der Waals surface area contributed by atoms with Crippen LogP contribution in [-0.2, 0) is 18.4 Å². The third-order valence-corrected chi connectivity index (χ3v) is 4.79. The van der Waals surface area contributed by atoms with Crippen LogP contribution < -0.4 is 14.5 Å². The van der Waals surface area contributed by atoms with E-state index in [9.17, 15) is 19.5 Å². The van der Waals surface area contributed by atoms with Gasteiger partial charge in [0.05, 0.1) is 16.8 Å². The predicted molar refractivity (Wildman–Crippen MR) is 111 cm³/mol. The number of carboxylic acid groups (broad SMARTS) is 2. The molecule has 31 heavy (non-hydrogen) atoms. The highest BCUT2D eigenvalue weighted by atomic mass is 16.4. The SMILES string of the molecule is C[n+]1ccc(-c2cc[n+](CCCC(=O)Nc3cc(C(=O)O)ccc3C(=O)O)cc2)cc1. The minimum absolute atomic E-state index is 0.0225. The van der Waals surface area contributed by atoms with Gasteiger partial charge in [0.15, 0.2) is 24.8 Å². The number of anilines is 1. The summed E-state index contributed by atoms with van der Waals surface area (Å²) in [6.45, 7) is 0.610. The Kier molecular flexibility index (Phi) is 6.71. The first-order valence-electron chi connectivity index (χ1n) is 9.69. The van der Waals surface area contributed by atoms with Crippen LogP contribution in [0.2, 0.25) is 0 Å². The number of aryl methyl sites for hydroxylation is 2. The molecule has 0 atom stereocenters. The van der Waals surface area contributed by atoms with Gasteiger partial charge in [-0.2, -0.15) is 0 Å². The van der Waals surface area contributed by atoms with E-state index in [2.05, 4.69) is 5.32 Å². The molecule has 1 aromatic carbocycles. The molecule has 0 saturated heterocycles. The van der Waals surface area contributed by atoms with Crippen LogP contribution in [0.15, 0.2) is 67.3 Å². The molecule has 3 aromatic rings. The minimum Gasteiger partial charge on any atom is -0.478 e. The van der Waals surface area contributed by atoms with Crippen molar-refractivity contribution in [3.8, 4) is 11.1 Å². The molecule has 0 aliphatic rings. The molecule has 0 aliphatic carbocycles. The maximum Gasteiger partial charge on any atom is 0.337 e. The Hall–Kier alpha value is -4.07. The summed E-state index contributed by atoms with van der Waals surface area (Å²) in [7, 11) is 1.96. The molecule has 0 unspecified atom stereocenters. The van der Waals surface area contributed by atoms with Crippen molar-refractivity contribution in [3.63, 3.8) is 0 Å². The fourth-order valence-electron chi connectivity index (χ4n) is 3.09. The Morgan fingerprint density at radius 3 is 2.06 bits per heavy atom. The van der Waals surface area contributed by atoms with Crippen molar-refractivity contribution in [3.05, 3.63) is 78.4 Å². The van der Waals surface area contributed by atoms with Crippen LogP contribution in [0.1, 0.15) is 33.6 Å². The van der Waals surface area contributed by atoms with Crippen molar-refractivity contribution in [1.29, 1.82) is 0 Å². The number of aromatic nitrogens is 2. The highest BCUT2D eigenvalue weighted by Gasteiger charge is 2.16. The van der Waals surface area contributed by atoms with Gasteiger partial charge in [0.2, 0.25) is 5.91 Å². The highest BCUT2D eigenvalue weighted by Crippen LogP contribution is 2.19. The summed E-state index contributed by atoms with van der Waals surface area (Å²) < 4.78 is 3.93. The second-order valence-corrected chi connectivity index (χ2v) is 7.10. The summed E-state index contributed by atoms with van der Waals surface area (Å²) in [5.74, 6) is -2.81. The van der Waals surface area contributed by atoms with Crippen LogP contribution in [-0.4, -0.2) is 28.1 Å². The molecule has 0 radical (unpaired) electrons. The van der Waals surface area contributed by atoms with E-state index in [1.54, 1.807) is 0 Å². The first-order chi connectivity index (χ1) is 14.8. The van der Waals surface area contributed by atoms with Gasteiger partial charge in [-0.1, -0.05) is 0 Å². The lowest BCUT2D eigenvalue weighted by molar-refractivity contribution is -0.697. The number of carbonyl (C=O) groups excluding carboxylic acids is 1. The van der Waals surface area contributed by atoms with Gasteiger partial charge in [-0.3, -0.25) is 4.79 Å². The molecular formula is C23H23N3O5+2. The molecule has 0 aliphatic heterocycles. The largest absolute Gasteiger partial charge is 0.478 e. The Morgan fingerprint density at radius 1 is 0.871 bits per heavy atom. The van der Waals surface area contributed by atoms with Crippen molar-refractivity contribution in [2.75, 3.05) is 5.32 Å². The zero-order chi connectivity index (χ0) is 22.4. The molecule has 158 valence electrons. The quantitative estimate of drug-likeness (QED) is 0.483. The number of rotatable bonds is 8. The monoisotopic (exact) mass is 421 g/mol. The van der Waals surface area contributed by atoms with Gasteiger partial charge in [0, 0.05) is 37.1 Å². The van der Waals surface area contributed by atoms with Gasteiger partial charge < -0.3 is 15.5 Å². The van der Waals surface area contributed by atoms with E-state index >= 15 is 0 Å². The highest BCUT2D eigenvalue weighted by molar-refractivity contribution is 6.02. The molecule has 1 amide bonds. The molecule has 0 saturated carbocycles. The lowest BCUT2D eigenvalue weighted by Crippen LogP contribution is -2.33. The first-order valence-corrected chi connectivity index (χ1v) is 9.69. The summed E-state index contributed by atoms with van der Waals surface area (Å²) in [4.78, 5) is 34.7. The Balaban J connectivity index is 1.57. The third kappa shape index (κ3) is 5.72. The lowest BCUT2D eigenvalue weighted by atomic mass is 10.1. The van der Waals surface area contributed by atoms with Crippen molar-refractivity contribution in [2.24, 2.45) is 7.05 Å². The van der Waals surface area contributed by atoms with Crippen molar-refractivity contribution in [2.45, 2.75) is 19.4 Å². The molecule has 8 nitrogen and oxygen atoms in total. The maximum atomic E-state index is 12.3. The molecule has 0 fully saturated rings. The molecule has 8 heteroatoms. The Labute approximate surface area is 179 Å². The van der Waals surface area contributed by atoms with Gasteiger partial charge in [-0.15, -0.1) is 0 Å². The number of pyridine rings is 2. The molecule has 3 N–H and O–H groups in total. The zero-order valence-corrected chi connectivity index (χ0v) is 17.0. The molecule has 2 heterocycles. The summed E-state index contributed by atoms with van der Waals surface area (Å²) >= 11 is 0. The smallest absolute Gasteiger partial charge is 0.337 e. The maximum absolute atomic E-state index is 12.3. The fraction of sp³-hybridized carbons (Fsp3) is 0.174. The number of carboxylic acids is 2. The van der Waals surface area contributed by atoms with Crippen LogP contribution in [0.4, 0.5) is 5.69 Å². The summed E-state index contributed by atoms with van der Waals surface area (Å²) in [5.41, 5.74) is 1.93. The number of aromatic carboxylic acids is 2. The van der Waals surface area contributed by atoms with E-state index in [0.717, 1.165) is 17.2 Å². The Morgan fingerprint density at radius 2 is 1.48 bits per heavy atom. The van der Waals surface area contributed by atoms with Gasteiger partial charge in [0.25, 0.3) is 0 Å². The van der Waals surface area contributed by atoms with Crippen molar-refractivity contribution in [1.82, 2.24) is 0 Å². The normalized spacial score (nSPS) is 10.5. The van der Waals surface area contributed by atoms with E-state index in [0.29, 0.717) is 13.0 Å².